The zero-order chi connectivity index (χ0) is 22.5. The van der Waals surface area contributed by atoms with Crippen molar-refractivity contribution in [3.05, 3.63) is 24.4 Å². The van der Waals surface area contributed by atoms with Gasteiger partial charge in [-0.1, -0.05) is 5.16 Å². The molecule has 0 spiro atoms. The van der Waals surface area contributed by atoms with Gasteiger partial charge in [-0.3, -0.25) is 0 Å². The van der Waals surface area contributed by atoms with Crippen LogP contribution in [0.3, 0.4) is 0 Å². The Balaban J connectivity index is 2.28. The minimum atomic E-state index is 0.386. The lowest BCUT2D eigenvalue weighted by Crippen LogP contribution is -2.00. The molecule has 166 valence electrons. The van der Waals surface area contributed by atoms with Gasteiger partial charge in [-0.15, -0.1) is 0 Å². The van der Waals surface area contributed by atoms with Crippen LogP contribution >= 0.6 is 0 Å². The summed E-state index contributed by atoms with van der Waals surface area (Å²) in [6.07, 6.45) is 1.59. The van der Waals surface area contributed by atoms with Gasteiger partial charge < -0.3 is 37.7 Å². The van der Waals surface area contributed by atoms with Crippen LogP contribution in [0, 0.1) is 0 Å². The number of hydrogen-bond acceptors (Lipinski definition) is 9. The van der Waals surface area contributed by atoms with Gasteiger partial charge in [0.2, 0.25) is 17.2 Å². The third kappa shape index (κ3) is 3.74. The topological polar surface area (TPSA) is 90.6 Å². The molecule has 0 radical (unpaired) electrons. The summed E-state index contributed by atoms with van der Waals surface area (Å²) in [6.45, 7) is 0. The van der Waals surface area contributed by atoms with Crippen molar-refractivity contribution >= 4 is 0 Å². The fraction of sp³-hybridized carbons (Fsp3) is 0.318. The summed E-state index contributed by atoms with van der Waals surface area (Å²) in [5, 5.41) is 4.00. The Morgan fingerprint density at radius 2 is 1.06 bits per heavy atom. The van der Waals surface area contributed by atoms with E-state index < -0.39 is 0 Å². The molecule has 9 nitrogen and oxygen atoms in total. The summed E-state index contributed by atoms with van der Waals surface area (Å²) < 4.78 is 44.1. The second-order valence-corrected chi connectivity index (χ2v) is 6.21. The third-order valence-electron chi connectivity index (χ3n) is 4.78. The van der Waals surface area contributed by atoms with Crippen LogP contribution < -0.4 is 33.2 Å². The number of methoxy groups -OCH3 is 7. The van der Waals surface area contributed by atoms with Crippen molar-refractivity contribution in [3.8, 4) is 62.7 Å². The van der Waals surface area contributed by atoms with E-state index in [1.807, 2.05) is 0 Å². The summed E-state index contributed by atoms with van der Waals surface area (Å²) in [7, 11) is 10.8. The Hall–Kier alpha value is -3.75. The maximum atomic E-state index is 5.65. The molecule has 0 bridgehead atoms. The fourth-order valence-corrected chi connectivity index (χ4v) is 3.38. The molecule has 0 amide bonds. The molecule has 1 heterocycles. The summed E-state index contributed by atoms with van der Waals surface area (Å²) in [5.41, 5.74) is 1.95. The Bertz CT molecular complexity index is 1030. The van der Waals surface area contributed by atoms with Gasteiger partial charge in [0.25, 0.3) is 0 Å². The molecule has 0 aliphatic rings. The minimum Gasteiger partial charge on any atom is -0.493 e. The molecule has 31 heavy (non-hydrogen) atoms. The highest BCUT2D eigenvalue weighted by Gasteiger charge is 2.27. The van der Waals surface area contributed by atoms with Crippen molar-refractivity contribution in [2.75, 3.05) is 49.8 Å². The Kier molecular flexibility index (Phi) is 6.64. The van der Waals surface area contributed by atoms with Gasteiger partial charge in [0.05, 0.1) is 61.5 Å². The Morgan fingerprint density at radius 1 is 0.548 bits per heavy atom. The predicted octanol–water partition coefficient (Wildman–Crippen LogP) is 4.07. The molecule has 0 N–H and O–H groups in total. The van der Waals surface area contributed by atoms with Gasteiger partial charge in [0.1, 0.15) is 0 Å². The molecule has 0 fully saturated rings. The second-order valence-electron chi connectivity index (χ2n) is 6.21. The molecule has 2 aromatic carbocycles. The number of benzene rings is 2. The maximum absolute atomic E-state index is 5.65. The third-order valence-corrected chi connectivity index (χ3v) is 4.78. The number of rotatable bonds is 9. The highest BCUT2D eigenvalue weighted by atomic mass is 16.5. The summed E-state index contributed by atoms with van der Waals surface area (Å²) in [6, 6.07) is 5.32. The molecular weight excluding hydrogens is 406 g/mol. The fourth-order valence-electron chi connectivity index (χ4n) is 3.38. The molecule has 0 unspecified atom stereocenters. The molecule has 0 aliphatic carbocycles. The smallest absolute Gasteiger partial charge is 0.207 e. The van der Waals surface area contributed by atoms with Crippen LogP contribution in [-0.2, 0) is 0 Å². The lowest BCUT2D eigenvalue weighted by molar-refractivity contribution is 0.306. The van der Waals surface area contributed by atoms with E-state index in [-0.39, 0.29) is 0 Å². The zero-order valence-electron chi connectivity index (χ0n) is 18.5. The first-order valence-electron chi connectivity index (χ1n) is 9.20. The first kappa shape index (κ1) is 21.9. The molecule has 0 saturated carbocycles. The van der Waals surface area contributed by atoms with Crippen LogP contribution in [0.4, 0.5) is 0 Å². The molecule has 3 aromatic rings. The molecule has 0 atom stereocenters. The maximum Gasteiger partial charge on any atom is 0.207 e. The highest BCUT2D eigenvalue weighted by molar-refractivity contribution is 5.87. The van der Waals surface area contributed by atoms with E-state index in [2.05, 4.69) is 5.16 Å². The molecular formula is C22H25NO8. The van der Waals surface area contributed by atoms with Crippen molar-refractivity contribution in [1.82, 2.24) is 5.16 Å². The molecule has 0 aliphatic heterocycles. The normalized spacial score (nSPS) is 10.4. The first-order chi connectivity index (χ1) is 15.1. The second kappa shape index (κ2) is 9.38. The Morgan fingerprint density at radius 3 is 1.55 bits per heavy atom. The van der Waals surface area contributed by atoms with Gasteiger partial charge in [-0.2, -0.15) is 0 Å². The summed E-state index contributed by atoms with van der Waals surface area (Å²) in [4.78, 5) is 0. The average molecular weight is 431 g/mol. The average Bonchev–Trinajstić information content (AvgIpc) is 3.30. The molecule has 3 rings (SSSR count). The van der Waals surface area contributed by atoms with Gasteiger partial charge in [0, 0.05) is 11.1 Å². The number of hydrogen-bond donors (Lipinski definition) is 0. The number of nitrogens with zero attached hydrogens (tertiary/aromatic N) is 1. The van der Waals surface area contributed by atoms with E-state index in [9.17, 15) is 0 Å². The quantitative estimate of drug-likeness (QED) is 0.497. The minimum absolute atomic E-state index is 0.386. The van der Waals surface area contributed by atoms with Crippen molar-refractivity contribution in [2.24, 2.45) is 0 Å². The van der Waals surface area contributed by atoms with Crippen LogP contribution in [0.25, 0.3) is 22.5 Å². The highest BCUT2D eigenvalue weighted by Crippen LogP contribution is 2.52. The summed E-state index contributed by atoms with van der Waals surface area (Å²) >= 11 is 0. The number of ether oxygens (including phenoxy) is 7. The largest absolute Gasteiger partial charge is 0.493 e. The predicted molar refractivity (Wildman–Crippen MR) is 113 cm³/mol. The molecule has 9 heteroatoms. The monoisotopic (exact) mass is 431 g/mol. The number of aromatic nitrogens is 1. The van der Waals surface area contributed by atoms with Crippen LogP contribution in [0.15, 0.2) is 28.9 Å². The molecule has 1 aromatic heterocycles. The van der Waals surface area contributed by atoms with Crippen molar-refractivity contribution in [1.29, 1.82) is 0 Å². The lowest BCUT2D eigenvalue weighted by Gasteiger charge is -2.18. The van der Waals surface area contributed by atoms with E-state index in [1.54, 1.807) is 59.9 Å². The van der Waals surface area contributed by atoms with Crippen molar-refractivity contribution in [3.63, 3.8) is 0 Å². The van der Waals surface area contributed by atoms with Gasteiger partial charge in [-0.05, 0) is 18.2 Å². The van der Waals surface area contributed by atoms with E-state index in [0.29, 0.717) is 62.7 Å². The van der Waals surface area contributed by atoms with Crippen LogP contribution in [0.1, 0.15) is 0 Å². The lowest BCUT2D eigenvalue weighted by atomic mass is 9.99. The van der Waals surface area contributed by atoms with Crippen molar-refractivity contribution < 1.29 is 37.7 Å². The first-order valence-corrected chi connectivity index (χ1v) is 9.20. The van der Waals surface area contributed by atoms with Crippen LogP contribution in [0.5, 0.6) is 40.2 Å². The van der Waals surface area contributed by atoms with Gasteiger partial charge >= 0.3 is 0 Å². The van der Waals surface area contributed by atoms with Gasteiger partial charge in [0.15, 0.2) is 28.8 Å². The van der Waals surface area contributed by atoms with E-state index in [4.69, 9.17) is 37.7 Å². The van der Waals surface area contributed by atoms with E-state index >= 15 is 0 Å². The van der Waals surface area contributed by atoms with E-state index in [1.165, 1.54) is 14.2 Å². The van der Waals surface area contributed by atoms with Gasteiger partial charge in [-0.25, -0.2) is 0 Å². The van der Waals surface area contributed by atoms with E-state index in [0.717, 1.165) is 0 Å². The SMILES string of the molecule is COc1cc(-c2oncc2-c2cc(OC)c(OC)c(OC)c2OC)cc(OC)c1OC. The zero-order valence-corrected chi connectivity index (χ0v) is 18.5. The van der Waals surface area contributed by atoms with Crippen LogP contribution in [-0.4, -0.2) is 54.9 Å². The Labute approximate surface area is 180 Å². The van der Waals surface area contributed by atoms with Crippen molar-refractivity contribution in [2.45, 2.75) is 0 Å². The summed E-state index contributed by atoms with van der Waals surface area (Å²) in [5.74, 6) is 3.61. The standard InChI is InChI=1S/C22H25NO8/c1-24-15-8-12(9-16(25-2)20(15)28-5)18-14(11-23-31-18)13-10-17(26-3)21(29-6)22(30-7)19(13)27-4/h8-11H,1-7H3. The van der Waals surface area contributed by atoms with Crippen LogP contribution in [0.2, 0.25) is 0 Å². The molecule has 0 saturated heterocycles.